The van der Waals surface area contributed by atoms with Crippen molar-refractivity contribution < 1.29 is 0 Å². The average molecular weight is 1160 g/mol. The van der Waals surface area contributed by atoms with Crippen molar-refractivity contribution in [3.63, 3.8) is 0 Å². The van der Waals surface area contributed by atoms with Gasteiger partial charge in [0.05, 0.1) is 6.07 Å². The summed E-state index contributed by atoms with van der Waals surface area (Å²) in [5, 5.41) is 39.4. The third-order valence-corrected chi connectivity index (χ3v) is 21.3. The van der Waals surface area contributed by atoms with Crippen molar-refractivity contribution >= 4 is 161 Å². The van der Waals surface area contributed by atoms with Crippen LogP contribution in [0.4, 0.5) is 17.1 Å². The number of para-hydroxylation sites is 4. The van der Waals surface area contributed by atoms with Crippen LogP contribution in [0.1, 0.15) is 16.7 Å². The third kappa shape index (κ3) is 6.75. The second-order valence-electron chi connectivity index (χ2n) is 22.1. The van der Waals surface area contributed by atoms with Gasteiger partial charge in [0.1, 0.15) is 0 Å². The number of anilines is 3. The van der Waals surface area contributed by atoms with Crippen LogP contribution in [0.2, 0.25) is 0 Å². The fourth-order valence-electron chi connectivity index (χ4n) is 14.2. The van der Waals surface area contributed by atoms with Gasteiger partial charge in [0.25, 0.3) is 0 Å². The predicted molar refractivity (Wildman–Crippen MR) is 353 cm³/mol. The van der Waals surface area contributed by atoms with E-state index in [1.54, 1.807) is 0 Å². The van der Waals surface area contributed by atoms with Gasteiger partial charge in [-0.1, -0.05) is 0 Å². The number of thiophene rings is 1. The summed E-state index contributed by atoms with van der Waals surface area (Å²) in [5.74, 6) is 0. The molecule has 85 heavy (non-hydrogen) atoms. The van der Waals surface area contributed by atoms with E-state index in [2.05, 4.69) is 243 Å². The van der Waals surface area contributed by atoms with Crippen LogP contribution in [0.3, 0.4) is 0 Å². The molecule has 4 aromatic heterocycles. The van der Waals surface area contributed by atoms with Gasteiger partial charge in [-0.15, -0.1) is 0 Å². The summed E-state index contributed by atoms with van der Waals surface area (Å²) in [5.41, 5.74) is 20.8. The van der Waals surface area contributed by atoms with Crippen molar-refractivity contribution in [2.24, 2.45) is 0 Å². The molecule has 0 amide bonds. The van der Waals surface area contributed by atoms with Crippen LogP contribution in [0.25, 0.3) is 114 Å². The average Bonchev–Trinajstić information content (AvgIpc) is 1.83. The van der Waals surface area contributed by atoms with Crippen molar-refractivity contribution in [1.82, 2.24) is 13.7 Å². The maximum absolute atomic E-state index is 10.3. The first-order chi connectivity index (χ1) is 42.0. The fraction of sp³-hybridized carbons (Fsp3) is 0. The minimum absolute atomic E-state index is 0.178. The van der Waals surface area contributed by atoms with Crippen LogP contribution in [-0.4, -0.2) is 35.4 Å². The summed E-state index contributed by atoms with van der Waals surface area (Å²) in [6.07, 6.45) is 0. The minimum atomic E-state index is -0.200. The number of nitriles is 3. The summed E-state index contributed by atoms with van der Waals surface area (Å²) >= 11 is 1.68. The normalized spacial score (nSPS) is 12.6. The van der Waals surface area contributed by atoms with E-state index in [-0.39, 0.29) is 21.7 Å². The van der Waals surface area contributed by atoms with Crippen LogP contribution in [-0.2, 0) is 0 Å². The van der Waals surface area contributed by atoms with Crippen LogP contribution in [0, 0.1) is 34.0 Å². The molecule has 2 aliphatic heterocycles. The zero-order valence-electron chi connectivity index (χ0n) is 45.1. The Morgan fingerprint density at radius 3 is 1.53 bits per heavy atom. The van der Waals surface area contributed by atoms with Crippen LogP contribution >= 0.6 is 11.3 Å². The Morgan fingerprint density at radius 1 is 0.365 bits per heavy atom. The van der Waals surface area contributed by atoms with E-state index in [0.29, 0.717) is 16.7 Å². The Hall–Kier alpha value is -10.9. The van der Waals surface area contributed by atoms with Crippen molar-refractivity contribution in [3.05, 3.63) is 259 Å². The van der Waals surface area contributed by atoms with E-state index in [9.17, 15) is 15.8 Å². The first-order valence-electron chi connectivity index (χ1n) is 28.3. The molecule has 0 bridgehead atoms. The van der Waals surface area contributed by atoms with Gasteiger partial charge in [-0.25, -0.2) is 0 Å². The molecule has 16 aromatic rings. The monoisotopic (exact) mass is 1160 g/mol. The van der Waals surface area contributed by atoms with Crippen LogP contribution in [0.15, 0.2) is 243 Å². The number of nitrogens with zero attached hydrogens (tertiary/aromatic N) is 7. The summed E-state index contributed by atoms with van der Waals surface area (Å²) < 4.78 is 12.3. The summed E-state index contributed by atoms with van der Waals surface area (Å²) in [4.78, 5) is 2.61. The Labute approximate surface area is 497 Å². The SMILES string of the molecule is N#Cc1ccc2c(c1)c1cc(C#N)ccc1n2-c1ccc2c(c1)[Se]c1cc(-n3c4ccccc4c4ccccc43)cc3c1B2c1c(cc(-n2c4ccccc4c4cc(C#N)ccc42)c2c1sc1ccccc12)N3c1ccccc1-c1ccccc1. The number of rotatable bonds is 5. The molecular formula is C75H40BN7SSe. The molecule has 0 saturated heterocycles. The number of fused-ring (bicyclic) bond motifs is 17. The standard InChI is InChI=1S/C75H40BN7SSe/c77-41-44-28-33-65-55(34-44)53-19-7-12-24-62(53)82(65)66-40-68-74(75-72(66)54-20-8-13-25-69(54)84-75)76-58-30-29-48(80-63-31-26-45(42-78)35-56(63)57-36-46(43-79)27-32-64(57)80)38-70(58)85-71-39-49(81-60-22-10-5-17-51(60)52-18-6-11-23-61(52)81)37-67(73(71)76)83(68)59-21-9-4-16-50(59)47-14-2-1-3-15-47/h1-40H. The Bertz CT molecular complexity index is 5660. The molecule has 0 saturated carbocycles. The zero-order valence-corrected chi connectivity index (χ0v) is 47.6. The quantitative estimate of drug-likeness (QED) is 0.161. The van der Waals surface area contributed by atoms with E-state index in [0.717, 1.165) is 99.9 Å². The molecule has 7 nitrogen and oxygen atoms in total. The van der Waals surface area contributed by atoms with Gasteiger partial charge in [-0.3, -0.25) is 0 Å². The van der Waals surface area contributed by atoms with Gasteiger partial charge in [0.2, 0.25) is 0 Å². The van der Waals surface area contributed by atoms with Crippen LogP contribution in [0.5, 0.6) is 0 Å². The van der Waals surface area contributed by atoms with Gasteiger partial charge < -0.3 is 0 Å². The number of hydrogen-bond donors (Lipinski definition) is 0. The maximum atomic E-state index is 10.3. The van der Waals surface area contributed by atoms with Crippen molar-refractivity contribution in [3.8, 4) is 46.4 Å². The topological polar surface area (TPSA) is 89.4 Å². The van der Waals surface area contributed by atoms with Crippen molar-refractivity contribution in [1.29, 1.82) is 15.8 Å². The number of benzene rings is 12. The Morgan fingerprint density at radius 2 is 0.871 bits per heavy atom. The molecule has 0 spiro atoms. The molecule has 0 N–H and O–H groups in total. The van der Waals surface area contributed by atoms with E-state index in [4.69, 9.17) is 0 Å². The van der Waals surface area contributed by atoms with Gasteiger partial charge in [-0.2, -0.15) is 5.26 Å². The third-order valence-electron chi connectivity index (χ3n) is 17.7. The first-order valence-corrected chi connectivity index (χ1v) is 30.8. The molecule has 0 fully saturated rings. The summed E-state index contributed by atoms with van der Waals surface area (Å²) in [6.45, 7) is -0.178. The van der Waals surface area contributed by atoms with Gasteiger partial charge in [0, 0.05) is 0 Å². The molecule has 0 radical (unpaired) electrons. The second kappa shape index (κ2) is 18.1. The molecule has 0 aliphatic carbocycles. The summed E-state index contributed by atoms with van der Waals surface area (Å²) in [7, 11) is 0. The van der Waals surface area contributed by atoms with E-state index < -0.39 is 0 Å². The fourth-order valence-corrected chi connectivity index (χ4v) is 18.1. The molecular weight excluding hydrogens is 1120 g/mol. The van der Waals surface area contributed by atoms with E-state index in [1.165, 1.54) is 56.3 Å². The molecule has 18 rings (SSSR count). The number of aromatic nitrogens is 3. The van der Waals surface area contributed by atoms with Gasteiger partial charge in [0.15, 0.2) is 0 Å². The first kappa shape index (κ1) is 47.7. The molecule has 0 unspecified atom stereocenters. The molecule has 12 aromatic carbocycles. The predicted octanol–water partition coefficient (Wildman–Crippen LogP) is 14.9. The zero-order chi connectivity index (χ0) is 56.2. The molecule has 0 atom stereocenters. The Balaban J connectivity index is 1.000. The van der Waals surface area contributed by atoms with Crippen molar-refractivity contribution in [2.75, 3.05) is 4.90 Å². The summed E-state index contributed by atoms with van der Waals surface area (Å²) in [6, 6.07) is 94.6. The van der Waals surface area contributed by atoms with E-state index >= 15 is 0 Å². The molecule has 6 heterocycles. The second-order valence-corrected chi connectivity index (χ2v) is 25.4. The number of hydrogen-bond acceptors (Lipinski definition) is 5. The van der Waals surface area contributed by atoms with Crippen LogP contribution < -0.4 is 30.2 Å². The van der Waals surface area contributed by atoms with Gasteiger partial charge in [-0.05, 0) is 0 Å². The van der Waals surface area contributed by atoms with E-state index in [1.807, 2.05) is 47.7 Å². The molecule has 390 valence electrons. The molecule has 10 heteroatoms. The van der Waals surface area contributed by atoms with Crippen molar-refractivity contribution in [2.45, 2.75) is 0 Å². The molecule has 2 aliphatic rings. The Kier molecular flexibility index (Phi) is 10.1. The van der Waals surface area contributed by atoms with Gasteiger partial charge >= 0.3 is 490 Å².